The first-order valence-corrected chi connectivity index (χ1v) is 6.73. The number of nitrogens with one attached hydrogen (secondary N) is 1. The Kier molecular flexibility index (Phi) is 6.09. The lowest BCUT2D eigenvalue weighted by Gasteiger charge is -2.40. The van der Waals surface area contributed by atoms with Crippen LogP contribution in [0.3, 0.4) is 0 Å². The number of hydrogen-bond acceptors (Lipinski definition) is 2. The summed E-state index contributed by atoms with van der Waals surface area (Å²) in [6.45, 7) is 8.44. The molecule has 1 N–H and O–H groups in total. The molecule has 0 spiro atoms. The fraction of sp³-hybridized carbons (Fsp3) is 1.00. The van der Waals surface area contributed by atoms with Crippen molar-refractivity contribution in [1.29, 1.82) is 0 Å². The first-order valence-electron chi connectivity index (χ1n) is 6.73. The lowest BCUT2D eigenvalue weighted by molar-refractivity contribution is 0.113. The van der Waals surface area contributed by atoms with E-state index in [1.165, 1.54) is 51.7 Å². The molecule has 16 heavy (non-hydrogen) atoms. The third-order valence-electron chi connectivity index (χ3n) is 4.11. The van der Waals surface area contributed by atoms with E-state index < -0.39 is 0 Å². The monoisotopic (exact) mass is 246 g/mol. The molecular weight excluding hydrogens is 220 g/mol. The van der Waals surface area contributed by atoms with Gasteiger partial charge in [-0.1, -0.05) is 19.3 Å². The minimum Gasteiger partial charge on any atom is -0.311 e. The maximum absolute atomic E-state index is 3.56. The van der Waals surface area contributed by atoms with Crippen LogP contribution in [0.25, 0.3) is 0 Å². The molecule has 0 aromatic rings. The standard InChI is InChI=1S/C13H26N2.ClH/c1-11-9-15(12(2)8-14-11)10-13-6-4-3-5-7-13;/h11-14H,3-10H2,1-2H3;1H. The van der Waals surface area contributed by atoms with Crippen molar-refractivity contribution in [3.8, 4) is 0 Å². The maximum Gasteiger partial charge on any atom is 0.0193 e. The highest BCUT2D eigenvalue weighted by atomic mass is 35.5. The van der Waals surface area contributed by atoms with Crippen LogP contribution in [-0.4, -0.2) is 36.6 Å². The van der Waals surface area contributed by atoms with E-state index >= 15 is 0 Å². The lowest BCUT2D eigenvalue weighted by atomic mass is 9.88. The summed E-state index contributed by atoms with van der Waals surface area (Å²) in [6.07, 6.45) is 7.38. The van der Waals surface area contributed by atoms with Crippen molar-refractivity contribution in [2.45, 2.75) is 58.0 Å². The predicted molar refractivity (Wildman–Crippen MR) is 72.3 cm³/mol. The molecule has 0 radical (unpaired) electrons. The van der Waals surface area contributed by atoms with E-state index in [0.717, 1.165) is 12.0 Å². The van der Waals surface area contributed by atoms with Crippen molar-refractivity contribution in [2.24, 2.45) is 5.92 Å². The molecule has 1 aliphatic heterocycles. The van der Waals surface area contributed by atoms with Crippen molar-refractivity contribution in [3.63, 3.8) is 0 Å². The number of halogens is 1. The molecule has 3 heteroatoms. The molecule has 2 rings (SSSR count). The first kappa shape index (κ1) is 14.3. The molecule has 1 aliphatic carbocycles. The van der Waals surface area contributed by atoms with Gasteiger partial charge in [0.25, 0.3) is 0 Å². The van der Waals surface area contributed by atoms with Crippen LogP contribution >= 0.6 is 12.4 Å². The zero-order valence-corrected chi connectivity index (χ0v) is 11.6. The molecule has 2 aliphatic rings. The quantitative estimate of drug-likeness (QED) is 0.806. The van der Waals surface area contributed by atoms with Crippen LogP contribution in [-0.2, 0) is 0 Å². The summed E-state index contributed by atoms with van der Waals surface area (Å²) in [4.78, 5) is 2.71. The summed E-state index contributed by atoms with van der Waals surface area (Å²) in [6, 6.07) is 1.42. The van der Waals surface area contributed by atoms with Gasteiger partial charge in [-0.2, -0.15) is 0 Å². The largest absolute Gasteiger partial charge is 0.311 e. The van der Waals surface area contributed by atoms with Crippen LogP contribution in [0.4, 0.5) is 0 Å². The van der Waals surface area contributed by atoms with Crippen LogP contribution < -0.4 is 5.32 Å². The van der Waals surface area contributed by atoms with Crippen LogP contribution in [0, 0.1) is 5.92 Å². The van der Waals surface area contributed by atoms with E-state index in [1.807, 2.05) is 0 Å². The third-order valence-corrected chi connectivity index (χ3v) is 4.11. The Bertz CT molecular complexity index is 192. The SMILES string of the molecule is CC1CN(CC2CCCCC2)C(C)CN1.Cl. The highest BCUT2D eigenvalue weighted by Gasteiger charge is 2.25. The molecule has 0 amide bonds. The van der Waals surface area contributed by atoms with Gasteiger partial charge in [-0.3, -0.25) is 4.90 Å². The Morgan fingerprint density at radius 2 is 1.81 bits per heavy atom. The normalized spacial score (nSPS) is 33.4. The predicted octanol–water partition coefficient (Wildman–Crippen LogP) is 2.67. The lowest BCUT2D eigenvalue weighted by Crippen LogP contribution is -2.55. The van der Waals surface area contributed by atoms with Gasteiger partial charge in [0.05, 0.1) is 0 Å². The smallest absolute Gasteiger partial charge is 0.0193 e. The summed E-state index contributed by atoms with van der Waals surface area (Å²) >= 11 is 0. The van der Waals surface area contributed by atoms with E-state index in [0.29, 0.717) is 6.04 Å². The topological polar surface area (TPSA) is 15.3 Å². The van der Waals surface area contributed by atoms with Gasteiger partial charge in [0.2, 0.25) is 0 Å². The molecular formula is C13H27ClN2. The molecule has 1 saturated carbocycles. The van der Waals surface area contributed by atoms with E-state index in [9.17, 15) is 0 Å². The Labute approximate surface area is 107 Å². The highest BCUT2D eigenvalue weighted by Crippen LogP contribution is 2.25. The van der Waals surface area contributed by atoms with Crippen LogP contribution in [0.15, 0.2) is 0 Å². The van der Waals surface area contributed by atoms with Crippen LogP contribution in [0.1, 0.15) is 46.0 Å². The summed E-state index contributed by atoms with van der Waals surface area (Å²) in [5.74, 6) is 0.992. The Balaban J connectivity index is 0.00000128. The number of hydrogen-bond donors (Lipinski definition) is 1. The fourth-order valence-electron chi connectivity index (χ4n) is 3.05. The van der Waals surface area contributed by atoms with Gasteiger partial charge >= 0.3 is 0 Å². The van der Waals surface area contributed by atoms with E-state index in [4.69, 9.17) is 0 Å². The summed E-state index contributed by atoms with van der Waals surface area (Å²) < 4.78 is 0. The molecule has 2 fully saturated rings. The Morgan fingerprint density at radius 3 is 2.50 bits per heavy atom. The third kappa shape index (κ3) is 3.90. The summed E-state index contributed by atoms with van der Waals surface area (Å²) in [5.41, 5.74) is 0. The summed E-state index contributed by atoms with van der Waals surface area (Å²) in [5, 5.41) is 3.56. The molecule has 1 saturated heterocycles. The first-order chi connectivity index (χ1) is 7.25. The molecule has 96 valence electrons. The highest BCUT2D eigenvalue weighted by molar-refractivity contribution is 5.85. The second-order valence-electron chi connectivity index (χ2n) is 5.62. The zero-order chi connectivity index (χ0) is 10.7. The Hall–Kier alpha value is 0.210. The molecule has 2 nitrogen and oxygen atoms in total. The number of nitrogens with zero attached hydrogens (tertiary/aromatic N) is 1. The minimum absolute atomic E-state index is 0. The minimum atomic E-state index is 0. The second kappa shape index (κ2) is 6.83. The van der Waals surface area contributed by atoms with Gasteiger partial charge in [-0.05, 0) is 32.6 Å². The van der Waals surface area contributed by atoms with Crippen LogP contribution in [0.5, 0.6) is 0 Å². The van der Waals surface area contributed by atoms with Gasteiger partial charge in [0, 0.05) is 31.7 Å². The molecule has 0 aromatic carbocycles. The fourth-order valence-corrected chi connectivity index (χ4v) is 3.05. The number of rotatable bonds is 2. The average Bonchev–Trinajstić information content (AvgIpc) is 2.25. The second-order valence-corrected chi connectivity index (χ2v) is 5.62. The van der Waals surface area contributed by atoms with E-state index in [2.05, 4.69) is 24.1 Å². The van der Waals surface area contributed by atoms with Gasteiger partial charge in [-0.15, -0.1) is 12.4 Å². The number of piperazine rings is 1. The van der Waals surface area contributed by atoms with Crippen molar-refractivity contribution in [2.75, 3.05) is 19.6 Å². The van der Waals surface area contributed by atoms with E-state index in [-0.39, 0.29) is 12.4 Å². The van der Waals surface area contributed by atoms with Gasteiger partial charge in [0.1, 0.15) is 0 Å². The molecule has 0 aromatic heterocycles. The van der Waals surface area contributed by atoms with Crippen molar-refractivity contribution in [3.05, 3.63) is 0 Å². The van der Waals surface area contributed by atoms with Crippen molar-refractivity contribution in [1.82, 2.24) is 10.2 Å². The van der Waals surface area contributed by atoms with Crippen molar-refractivity contribution >= 4 is 12.4 Å². The summed E-state index contributed by atoms with van der Waals surface area (Å²) in [7, 11) is 0. The molecule has 2 unspecified atom stereocenters. The van der Waals surface area contributed by atoms with Gasteiger partial charge in [-0.25, -0.2) is 0 Å². The van der Waals surface area contributed by atoms with Crippen LogP contribution in [0.2, 0.25) is 0 Å². The van der Waals surface area contributed by atoms with E-state index in [1.54, 1.807) is 0 Å². The van der Waals surface area contributed by atoms with Crippen molar-refractivity contribution < 1.29 is 0 Å². The average molecular weight is 247 g/mol. The van der Waals surface area contributed by atoms with Gasteiger partial charge < -0.3 is 5.32 Å². The maximum atomic E-state index is 3.56. The molecule has 1 heterocycles. The zero-order valence-electron chi connectivity index (χ0n) is 10.7. The van der Waals surface area contributed by atoms with Gasteiger partial charge in [0.15, 0.2) is 0 Å². The Morgan fingerprint density at radius 1 is 1.12 bits per heavy atom. The molecule has 2 atom stereocenters. The molecule has 0 bridgehead atoms.